The van der Waals surface area contributed by atoms with Gasteiger partial charge in [0.05, 0.1) is 11.2 Å². The van der Waals surface area contributed by atoms with Crippen molar-refractivity contribution in [3.63, 3.8) is 0 Å². The highest BCUT2D eigenvalue weighted by molar-refractivity contribution is 7.89. The number of carbonyl (C=O) groups excluding carboxylic acids is 1. The van der Waals surface area contributed by atoms with Crippen molar-refractivity contribution in [3.05, 3.63) is 48.0 Å². The van der Waals surface area contributed by atoms with Gasteiger partial charge in [0.15, 0.2) is 0 Å². The molecule has 25 heavy (non-hydrogen) atoms. The van der Waals surface area contributed by atoms with Gasteiger partial charge in [-0.3, -0.25) is 4.79 Å². The van der Waals surface area contributed by atoms with Crippen molar-refractivity contribution in [3.8, 4) is 0 Å². The van der Waals surface area contributed by atoms with Crippen LogP contribution in [0.1, 0.15) is 30.4 Å². The molecule has 1 spiro atoms. The molecular formula is C19H26N2O3S. The average Bonchev–Trinajstić information content (AvgIpc) is 2.98. The minimum Gasteiger partial charge on any atom is -0.338 e. The third kappa shape index (κ3) is 3.65. The second-order valence-corrected chi connectivity index (χ2v) is 9.26. The topological polar surface area (TPSA) is 57.7 Å². The van der Waals surface area contributed by atoms with E-state index in [4.69, 9.17) is 0 Å². The number of benzene rings is 1. The lowest BCUT2D eigenvalue weighted by Gasteiger charge is -2.39. The van der Waals surface area contributed by atoms with Gasteiger partial charge in [0.1, 0.15) is 0 Å². The van der Waals surface area contributed by atoms with Gasteiger partial charge >= 0.3 is 0 Å². The molecule has 0 bridgehead atoms. The monoisotopic (exact) mass is 362 g/mol. The molecule has 1 aromatic carbocycles. The number of nitrogens with zero attached hydrogens (tertiary/aromatic N) is 2. The van der Waals surface area contributed by atoms with Crippen LogP contribution in [0.4, 0.5) is 0 Å². The highest BCUT2D eigenvalue weighted by Gasteiger charge is 2.50. The summed E-state index contributed by atoms with van der Waals surface area (Å²) >= 11 is 0. The quantitative estimate of drug-likeness (QED) is 0.756. The summed E-state index contributed by atoms with van der Waals surface area (Å²) < 4.78 is 26.1. The van der Waals surface area contributed by atoms with Gasteiger partial charge in [-0.1, -0.05) is 35.9 Å². The van der Waals surface area contributed by atoms with E-state index in [1.54, 1.807) is 0 Å². The zero-order valence-corrected chi connectivity index (χ0v) is 15.6. The summed E-state index contributed by atoms with van der Waals surface area (Å²) in [6, 6.07) is 8.19. The van der Waals surface area contributed by atoms with E-state index in [1.807, 2.05) is 30.0 Å². The van der Waals surface area contributed by atoms with Crippen LogP contribution in [-0.2, 0) is 21.4 Å². The van der Waals surface area contributed by atoms with Gasteiger partial charge < -0.3 is 4.90 Å². The second-order valence-electron chi connectivity index (χ2n) is 7.25. The third-order valence-corrected chi connectivity index (χ3v) is 7.08. The Morgan fingerprint density at radius 3 is 2.80 bits per heavy atom. The van der Waals surface area contributed by atoms with E-state index < -0.39 is 15.4 Å². The SMILES string of the molecule is C=CCS(=O)(=O)N1CC[C@]2(CCCN(Cc3cccc(C)c3)C2=O)C1. The van der Waals surface area contributed by atoms with Crippen LogP contribution in [0.2, 0.25) is 0 Å². The molecule has 0 radical (unpaired) electrons. The second kappa shape index (κ2) is 6.92. The van der Waals surface area contributed by atoms with Crippen LogP contribution < -0.4 is 0 Å². The Bertz CT molecular complexity index is 775. The maximum Gasteiger partial charge on any atom is 0.230 e. The summed E-state index contributed by atoms with van der Waals surface area (Å²) in [4.78, 5) is 15.1. The Labute approximate surface area is 150 Å². The molecule has 2 fully saturated rings. The van der Waals surface area contributed by atoms with Crippen molar-refractivity contribution in [1.29, 1.82) is 0 Å². The average molecular weight is 362 g/mol. The number of aryl methyl sites for hydroxylation is 1. The molecule has 0 N–H and O–H groups in total. The van der Waals surface area contributed by atoms with E-state index in [2.05, 4.69) is 12.6 Å². The Morgan fingerprint density at radius 1 is 1.28 bits per heavy atom. The highest BCUT2D eigenvalue weighted by Crippen LogP contribution is 2.41. The lowest BCUT2D eigenvalue weighted by molar-refractivity contribution is -0.146. The number of likely N-dealkylation sites (tertiary alicyclic amines) is 1. The minimum absolute atomic E-state index is 0.0652. The molecule has 2 saturated heterocycles. The van der Waals surface area contributed by atoms with Gasteiger partial charge in [0.25, 0.3) is 0 Å². The predicted octanol–water partition coefficient (Wildman–Crippen LogP) is 2.33. The molecule has 1 aromatic rings. The third-order valence-electron chi connectivity index (χ3n) is 5.32. The molecule has 1 atom stereocenters. The molecule has 0 unspecified atom stereocenters. The first kappa shape index (κ1) is 18.1. The lowest BCUT2D eigenvalue weighted by atomic mass is 9.78. The fraction of sp³-hybridized carbons (Fsp3) is 0.526. The zero-order chi connectivity index (χ0) is 18.1. The van der Waals surface area contributed by atoms with Gasteiger partial charge in [-0.05, 0) is 31.7 Å². The maximum absolute atomic E-state index is 13.2. The van der Waals surface area contributed by atoms with Gasteiger partial charge in [0, 0.05) is 26.2 Å². The van der Waals surface area contributed by atoms with Gasteiger partial charge in [0.2, 0.25) is 15.9 Å². The van der Waals surface area contributed by atoms with Crippen LogP contribution in [0, 0.1) is 12.3 Å². The Kier molecular flexibility index (Phi) is 5.02. The highest BCUT2D eigenvalue weighted by atomic mass is 32.2. The van der Waals surface area contributed by atoms with E-state index >= 15 is 0 Å². The number of carbonyl (C=O) groups is 1. The van der Waals surface area contributed by atoms with Crippen LogP contribution in [0.5, 0.6) is 0 Å². The Morgan fingerprint density at radius 2 is 2.08 bits per heavy atom. The number of rotatable bonds is 5. The van der Waals surface area contributed by atoms with Crippen molar-refractivity contribution in [2.24, 2.45) is 5.41 Å². The largest absolute Gasteiger partial charge is 0.338 e. The summed E-state index contributed by atoms with van der Waals surface area (Å²) in [5.74, 6) is 0.0427. The molecule has 6 heteroatoms. The fourth-order valence-electron chi connectivity index (χ4n) is 4.04. The van der Waals surface area contributed by atoms with Crippen LogP contribution in [0.3, 0.4) is 0 Å². The molecule has 1 amide bonds. The minimum atomic E-state index is -3.35. The van der Waals surface area contributed by atoms with Gasteiger partial charge in [-0.15, -0.1) is 6.58 Å². The normalized spacial score (nSPS) is 24.8. The maximum atomic E-state index is 13.2. The van der Waals surface area contributed by atoms with Crippen molar-refractivity contribution in [2.75, 3.05) is 25.4 Å². The van der Waals surface area contributed by atoms with Crippen molar-refractivity contribution in [2.45, 2.75) is 32.7 Å². The van der Waals surface area contributed by atoms with Gasteiger partial charge in [-0.2, -0.15) is 0 Å². The number of sulfonamides is 1. The summed E-state index contributed by atoms with van der Waals surface area (Å²) in [6.45, 7) is 7.65. The van der Waals surface area contributed by atoms with Crippen LogP contribution >= 0.6 is 0 Å². The van der Waals surface area contributed by atoms with E-state index in [9.17, 15) is 13.2 Å². The number of amides is 1. The Balaban J connectivity index is 1.75. The predicted molar refractivity (Wildman–Crippen MR) is 98.4 cm³/mol. The van der Waals surface area contributed by atoms with Crippen molar-refractivity contribution < 1.29 is 13.2 Å². The molecule has 2 aliphatic rings. The smallest absolute Gasteiger partial charge is 0.230 e. The fourth-order valence-corrected chi connectivity index (χ4v) is 5.36. The first-order valence-corrected chi connectivity index (χ1v) is 10.4. The molecule has 0 aromatic heterocycles. The summed E-state index contributed by atoms with van der Waals surface area (Å²) in [7, 11) is -3.35. The molecule has 2 aliphatic heterocycles. The zero-order valence-electron chi connectivity index (χ0n) is 14.8. The van der Waals surface area contributed by atoms with Crippen molar-refractivity contribution in [1.82, 2.24) is 9.21 Å². The van der Waals surface area contributed by atoms with E-state index in [-0.39, 0.29) is 11.7 Å². The summed E-state index contributed by atoms with van der Waals surface area (Å²) in [6.07, 6.45) is 3.72. The molecular weight excluding hydrogens is 336 g/mol. The molecule has 3 rings (SSSR count). The lowest BCUT2D eigenvalue weighted by Crippen LogP contribution is -2.50. The number of hydrogen-bond acceptors (Lipinski definition) is 3. The van der Waals surface area contributed by atoms with Gasteiger partial charge in [-0.25, -0.2) is 12.7 Å². The molecule has 5 nitrogen and oxygen atoms in total. The first-order chi connectivity index (χ1) is 11.9. The van der Waals surface area contributed by atoms with Crippen LogP contribution in [-0.4, -0.2) is 48.9 Å². The Hall–Kier alpha value is -1.66. The summed E-state index contributed by atoms with van der Waals surface area (Å²) in [5.41, 5.74) is 1.76. The van der Waals surface area contributed by atoms with E-state index in [0.29, 0.717) is 26.1 Å². The number of hydrogen-bond donors (Lipinski definition) is 0. The van der Waals surface area contributed by atoms with Crippen LogP contribution in [0.25, 0.3) is 0 Å². The molecule has 136 valence electrons. The standard InChI is InChI=1S/C19H26N2O3S/c1-3-12-25(23,24)21-11-9-19(15-21)8-5-10-20(18(19)22)14-17-7-4-6-16(2)13-17/h3-4,6-7,13H,1,5,8-12,14-15H2,2H3/t19-/m1/s1. The van der Waals surface area contributed by atoms with E-state index in [1.165, 1.54) is 15.9 Å². The summed E-state index contributed by atoms with van der Waals surface area (Å²) in [5, 5.41) is 0. The van der Waals surface area contributed by atoms with E-state index in [0.717, 1.165) is 24.9 Å². The molecule has 0 aliphatic carbocycles. The van der Waals surface area contributed by atoms with Crippen molar-refractivity contribution >= 4 is 15.9 Å². The first-order valence-electron chi connectivity index (χ1n) is 8.80. The molecule has 2 heterocycles. The molecule has 0 saturated carbocycles. The van der Waals surface area contributed by atoms with Crippen LogP contribution in [0.15, 0.2) is 36.9 Å². The number of piperidine rings is 1.